The summed E-state index contributed by atoms with van der Waals surface area (Å²) in [6.45, 7) is -0.677. The first-order chi connectivity index (χ1) is 7.15. The molecule has 0 bridgehead atoms. The van der Waals surface area contributed by atoms with Crippen molar-refractivity contribution < 1.29 is 24.9 Å². The second-order valence-electron chi connectivity index (χ2n) is 2.91. The molecule has 5 heteroatoms. The summed E-state index contributed by atoms with van der Waals surface area (Å²) < 4.78 is 4.50. The zero-order valence-corrected chi connectivity index (χ0v) is 7.91. The standard InChI is InChI=1S/C10H12O5/c11-6-8(12)10(14)15-9(13)7-4-2-1-3-5-7/h1-5,8,10-12,14H,6H2. The van der Waals surface area contributed by atoms with Crippen LogP contribution in [0, 0.1) is 0 Å². The lowest BCUT2D eigenvalue weighted by Gasteiger charge is -2.15. The van der Waals surface area contributed by atoms with Crippen molar-refractivity contribution in [1.82, 2.24) is 0 Å². The quantitative estimate of drug-likeness (QED) is 0.463. The van der Waals surface area contributed by atoms with E-state index in [-0.39, 0.29) is 5.56 Å². The summed E-state index contributed by atoms with van der Waals surface area (Å²) in [6, 6.07) is 8.05. The average Bonchev–Trinajstić information content (AvgIpc) is 2.29. The molecule has 1 aromatic carbocycles. The van der Waals surface area contributed by atoms with Gasteiger partial charge in [0.1, 0.15) is 6.10 Å². The van der Waals surface area contributed by atoms with Gasteiger partial charge in [-0.25, -0.2) is 4.79 Å². The van der Waals surface area contributed by atoms with Crippen molar-refractivity contribution in [3.8, 4) is 0 Å². The molecule has 3 N–H and O–H groups in total. The minimum atomic E-state index is -1.72. The summed E-state index contributed by atoms with van der Waals surface area (Å²) in [7, 11) is 0. The molecule has 0 saturated heterocycles. The Morgan fingerprint density at radius 3 is 2.40 bits per heavy atom. The van der Waals surface area contributed by atoms with Gasteiger partial charge in [-0.2, -0.15) is 0 Å². The molecule has 0 aliphatic rings. The maximum atomic E-state index is 11.3. The molecule has 0 amide bonds. The van der Waals surface area contributed by atoms with Crippen LogP contribution in [0.1, 0.15) is 10.4 Å². The molecular weight excluding hydrogens is 200 g/mol. The normalized spacial score (nSPS) is 14.3. The maximum absolute atomic E-state index is 11.3. The number of ether oxygens (including phenoxy) is 1. The Balaban J connectivity index is 2.57. The Kier molecular flexibility index (Phi) is 4.23. The molecule has 1 aromatic rings. The van der Waals surface area contributed by atoms with Gasteiger partial charge >= 0.3 is 5.97 Å². The minimum absolute atomic E-state index is 0.265. The Hall–Kier alpha value is -1.43. The van der Waals surface area contributed by atoms with Crippen LogP contribution in [-0.4, -0.2) is 40.3 Å². The van der Waals surface area contributed by atoms with E-state index in [2.05, 4.69) is 4.74 Å². The van der Waals surface area contributed by atoms with E-state index in [1.165, 1.54) is 12.1 Å². The van der Waals surface area contributed by atoms with Crippen molar-refractivity contribution in [1.29, 1.82) is 0 Å². The first-order valence-corrected chi connectivity index (χ1v) is 4.38. The van der Waals surface area contributed by atoms with Crippen LogP contribution < -0.4 is 0 Å². The van der Waals surface area contributed by atoms with E-state index in [1.807, 2.05) is 0 Å². The van der Waals surface area contributed by atoms with Crippen molar-refractivity contribution in [3.05, 3.63) is 35.9 Å². The average molecular weight is 212 g/mol. The highest BCUT2D eigenvalue weighted by atomic mass is 16.6. The maximum Gasteiger partial charge on any atom is 0.340 e. The fraction of sp³-hybridized carbons (Fsp3) is 0.300. The summed E-state index contributed by atoms with van der Waals surface area (Å²) in [5, 5.41) is 26.5. The minimum Gasteiger partial charge on any atom is -0.429 e. The lowest BCUT2D eigenvalue weighted by Crippen LogP contribution is -2.33. The van der Waals surface area contributed by atoms with Crippen molar-refractivity contribution >= 4 is 5.97 Å². The van der Waals surface area contributed by atoms with E-state index in [0.29, 0.717) is 0 Å². The fourth-order valence-electron chi connectivity index (χ4n) is 0.921. The molecule has 0 radical (unpaired) electrons. The third-order valence-corrected chi connectivity index (χ3v) is 1.75. The molecule has 5 nitrogen and oxygen atoms in total. The van der Waals surface area contributed by atoms with E-state index < -0.39 is 25.0 Å². The van der Waals surface area contributed by atoms with Crippen molar-refractivity contribution in [2.45, 2.75) is 12.4 Å². The second-order valence-corrected chi connectivity index (χ2v) is 2.91. The van der Waals surface area contributed by atoms with Crippen LogP contribution in [0.3, 0.4) is 0 Å². The molecule has 0 saturated carbocycles. The van der Waals surface area contributed by atoms with Crippen LogP contribution in [0.4, 0.5) is 0 Å². The van der Waals surface area contributed by atoms with E-state index in [1.54, 1.807) is 18.2 Å². The van der Waals surface area contributed by atoms with Crippen molar-refractivity contribution in [2.75, 3.05) is 6.61 Å². The van der Waals surface area contributed by atoms with Crippen LogP contribution >= 0.6 is 0 Å². The molecule has 2 atom stereocenters. The molecule has 82 valence electrons. The van der Waals surface area contributed by atoms with Crippen LogP contribution in [-0.2, 0) is 4.74 Å². The van der Waals surface area contributed by atoms with Gasteiger partial charge in [0.2, 0.25) is 6.29 Å². The number of hydrogen-bond donors (Lipinski definition) is 3. The van der Waals surface area contributed by atoms with E-state index >= 15 is 0 Å². The predicted molar refractivity (Wildman–Crippen MR) is 51.0 cm³/mol. The van der Waals surface area contributed by atoms with Gasteiger partial charge < -0.3 is 20.1 Å². The van der Waals surface area contributed by atoms with Crippen LogP contribution in [0.2, 0.25) is 0 Å². The largest absolute Gasteiger partial charge is 0.429 e. The van der Waals surface area contributed by atoms with Gasteiger partial charge in [0, 0.05) is 0 Å². The topological polar surface area (TPSA) is 87.0 Å². The van der Waals surface area contributed by atoms with Gasteiger partial charge in [0.05, 0.1) is 12.2 Å². The lowest BCUT2D eigenvalue weighted by molar-refractivity contribution is -0.140. The van der Waals surface area contributed by atoms with Crippen LogP contribution in [0.25, 0.3) is 0 Å². The second kappa shape index (κ2) is 5.45. The summed E-state index contributed by atoms with van der Waals surface area (Å²) in [6.07, 6.45) is -3.21. The zero-order valence-electron chi connectivity index (χ0n) is 7.91. The highest BCUT2D eigenvalue weighted by molar-refractivity contribution is 5.89. The van der Waals surface area contributed by atoms with Crippen LogP contribution in [0.15, 0.2) is 30.3 Å². The Bertz CT molecular complexity index is 311. The Morgan fingerprint density at radius 1 is 1.27 bits per heavy atom. The predicted octanol–water partition coefficient (Wildman–Crippen LogP) is -0.485. The lowest BCUT2D eigenvalue weighted by atomic mass is 10.2. The number of carbonyl (C=O) groups excluding carboxylic acids is 1. The van der Waals surface area contributed by atoms with Crippen molar-refractivity contribution in [3.63, 3.8) is 0 Å². The number of aliphatic hydroxyl groups is 3. The third kappa shape index (κ3) is 3.32. The van der Waals surface area contributed by atoms with E-state index in [4.69, 9.17) is 15.3 Å². The first-order valence-electron chi connectivity index (χ1n) is 4.38. The molecule has 0 aliphatic heterocycles. The molecule has 15 heavy (non-hydrogen) atoms. The molecule has 0 heterocycles. The highest BCUT2D eigenvalue weighted by Gasteiger charge is 2.20. The Morgan fingerprint density at radius 2 is 1.87 bits per heavy atom. The van der Waals surface area contributed by atoms with Gasteiger partial charge in [-0.15, -0.1) is 0 Å². The zero-order chi connectivity index (χ0) is 11.3. The van der Waals surface area contributed by atoms with Gasteiger partial charge in [0.15, 0.2) is 0 Å². The first kappa shape index (κ1) is 11.6. The van der Waals surface area contributed by atoms with Gasteiger partial charge in [-0.3, -0.25) is 0 Å². The molecule has 0 spiro atoms. The van der Waals surface area contributed by atoms with Crippen molar-refractivity contribution in [2.24, 2.45) is 0 Å². The smallest absolute Gasteiger partial charge is 0.340 e. The van der Waals surface area contributed by atoms with Gasteiger partial charge in [0.25, 0.3) is 0 Å². The number of carbonyl (C=O) groups is 1. The number of benzene rings is 1. The molecule has 1 rings (SSSR count). The summed E-state index contributed by atoms with van der Waals surface area (Å²) in [5.41, 5.74) is 0.265. The number of rotatable bonds is 4. The number of aliphatic hydroxyl groups excluding tert-OH is 3. The number of hydrogen-bond acceptors (Lipinski definition) is 5. The molecule has 0 fully saturated rings. The van der Waals surface area contributed by atoms with Gasteiger partial charge in [-0.1, -0.05) is 18.2 Å². The molecular formula is C10H12O5. The fourth-order valence-corrected chi connectivity index (χ4v) is 0.921. The molecule has 0 aromatic heterocycles. The highest BCUT2D eigenvalue weighted by Crippen LogP contribution is 2.04. The summed E-state index contributed by atoms with van der Waals surface area (Å²) in [4.78, 5) is 11.3. The third-order valence-electron chi connectivity index (χ3n) is 1.75. The molecule has 0 aliphatic carbocycles. The van der Waals surface area contributed by atoms with Gasteiger partial charge in [-0.05, 0) is 12.1 Å². The summed E-state index contributed by atoms with van der Waals surface area (Å²) in [5.74, 6) is -0.754. The molecule has 2 unspecified atom stereocenters. The van der Waals surface area contributed by atoms with E-state index in [0.717, 1.165) is 0 Å². The summed E-state index contributed by atoms with van der Waals surface area (Å²) >= 11 is 0. The van der Waals surface area contributed by atoms with Crippen LogP contribution in [0.5, 0.6) is 0 Å². The monoisotopic (exact) mass is 212 g/mol. The van der Waals surface area contributed by atoms with E-state index in [9.17, 15) is 4.79 Å². The Labute approximate surface area is 86.5 Å². The SMILES string of the molecule is O=C(OC(O)C(O)CO)c1ccccc1. The number of esters is 1.